The highest BCUT2D eigenvalue weighted by Crippen LogP contribution is 2.24. The molecule has 0 saturated carbocycles. The van der Waals surface area contributed by atoms with Gasteiger partial charge in [-0.05, 0) is 30.4 Å². The Morgan fingerprint density at radius 2 is 1.83 bits per heavy atom. The summed E-state index contributed by atoms with van der Waals surface area (Å²) in [5, 5.41) is 0. The van der Waals surface area contributed by atoms with Crippen molar-refractivity contribution in [3.8, 4) is 11.4 Å². The second kappa shape index (κ2) is 11.5. The van der Waals surface area contributed by atoms with E-state index < -0.39 is 0 Å². The molecule has 188 valence electrons. The molecule has 2 fully saturated rings. The molecule has 8 nitrogen and oxygen atoms in total. The number of hydrogen-bond acceptors (Lipinski definition) is 5. The molecule has 3 heterocycles. The predicted molar refractivity (Wildman–Crippen MR) is 135 cm³/mol. The van der Waals surface area contributed by atoms with E-state index in [1.54, 1.807) is 23.4 Å². The molecule has 2 saturated heterocycles. The number of H-pyrrole nitrogens is 1. The first-order valence-corrected chi connectivity index (χ1v) is 12.6. The van der Waals surface area contributed by atoms with Crippen LogP contribution in [0.5, 0.6) is 0 Å². The van der Waals surface area contributed by atoms with Gasteiger partial charge in [-0.25, -0.2) is 4.98 Å². The van der Waals surface area contributed by atoms with Gasteiger partial charge in [0, 0.05) is 50.8 Å². The van der Waals surface area contributed by atoms with Crippen molar-refractivity contribution in [2.45, 2.75) is 25.6 Å². The highest BCUT2D eigenvalue weighted by atomic mass is 16.5. The van der Waals surface area contributed by atoms with Crippen molar-refractivity contribution < 1.29 is 19.1 Å². The fourth-order valence-corrected chi connectivity index (χ4v) is 4.90. The van der Waals surface area contributed by atoms with E-state index in [9.17, 15) is 9.59 Å². The minimum atomic E-state index is -0.295. The number of amides is 2. The maximum Gasteiger partial charge on any atom is 0.255 e. The van der Waals surface area contributed by atoms with Crippen LogP contribution in [0, 0.1) is 5.92 Å². The number of hydrogen-bond donors (Lipinski definition) is 1. The van der Waals surface area contributed by atoms with Gasteiger partial charge in [0.1, 0.15) is 12.4 Å². The third-order valence-corrected chi connectivity index (χ3v) is 6.87. The summed E-state index contributed by atoms with van der Waals surface area (Å²) in [6.45, 7) is 3.39. The molecule has 2 aromatic carbocycles. The lowest BCUT2D eigenvalue weighted by Crippen LogP contribution is -2.42. The molecule has 0 radical (unpaired) electrons. The third-order valence-electron chi connectivity index (χ3n) is 6.87. The summed E-state index contributed by atoms with van der Waals surface area (Å²) in [7, 11) is 0. The van der Waals surface area contributed by atoms with Gasteiger partial charge in [-0.15, -0.1) is 0 Å². The number of imidazole rings is 1. The fourth-order valence-electron chi connectivity index (χ4n) is 4.90. The number of aromatic nitrogens is 2. The molecule has 2 aliphatic heterocycles. The fraction of sp³-hybridized carbons (Fsp3) is 0.393. The van der Waals surface area contributed by atoms with Gasteiger partial charge in [-0.1, -0.05) is 48.5 Å². The minimum Gasteiger partial charge on any atom is -0.381 e. The lowest BCUT2D eigenvalue weighted by Gasteiger charge is -2.30. The van der Waals surface area contributed by atoms with Crippen LogP contribution in [-0.2, 0) is 20.9 Å². The number of aromatic amines is 1. The topological polar surface area (TPSA) is 87.8 Å². The SMILES string of the molecule is O=C1CN(C(=O)c2ccccc2-c2ncc[nH]2)CC(OCc2ccccc2)CN1CC1CCOCC1. The molecule has 36 heavy (non-hydrogen) atoms. The largest absolute Gasteiger partial charge is 0.381 e. The number of carbonyl (C=O) groups is 2. The molecule has 3 aromatic rings. The lowest BCUT2D eigenvalue weighted by atomic mass is 9.99. The maximum atomic E-state index is 13.8. The van der Waals surface area contributed by atoms with E-state index in [2.05, 4.69) is 9.97 Å². The molecule has 1 unspecified atom stereocenters. The Hall–Kier alpha value is -3.49. The highest BCUT2D eigenvalue weighted by Gasteiger charge is 2.33. The second-order valence-electron chi connectivity index (χ2n) is 9.44. The quantitative estimate of drug-likeness (QED) is 0.551. The second-order valence-corrected chi connectivity index (χ2v) is 9.44. The summed E-state index contributed by atoms with van der Waals surface area (Å²) in [5.74, 6) is 0.783. The average Bonchev–Trinajstić information content (AvgIpc) is 3.41. The van der Waals surface area contributed by atoms with Crippen LogP contribution in [0.2, 0.25) is 0 Å². The lowest BCUT2D eigenvalue weighted by molar-refractivity contribution is -0.132. The van der Waals surface area contributed by atoms with Gasteiger partial charge in [-0.3, -0.25) is 9.59 Å². The van der Waals surface area contributed by atoms with E-state index in [4.69, 9.17) is 9.47 Å². The molecule has 5 rings (SSSR count). The van der Waals surface area contributed by atoms with Crippen LogP contribution < -0.4 is 0 Å². The van der Waals surface area contributed by atoms with Crippen LogP contribution in [-0.4, -0.2) is 77.1 Å². The zero-order valence-electron chi connectivity index (χ0n) is 20.3. The number of nitrogens with one attached hydrogen (secondary N) is 1. The smallest absolute Gasteiger partial charge is 0.255 e. The first kappa shape index (κ1) is 24.2. The molecule has 1 aromatic heterocycles. The van der Waals surface area contributed by atoms with Crippen LogP contribution in [0.25, 0.3) is 11.4 Å². The van der Waals surface area contributed by atoms with Crippen LogP contribution in [0.4, 0.5) is 0 Å². The summed E-state index contributed by atoms with van der Waals surface area (Å²) in [5.41, 5.74) is 2.29. The Bertz CT molecular complexity index is 1150. The number of rotatable bonds is 7. The zero-order valence-corrected chi connectivity index (χ0v) is 20.3. The molecule has 8 heteroatoms. The predicted octanol–water partition coefficient (Wildman–Crippen LogP) is 3.37. The summed E-state index contributed by atoms with van der Waals surface area (Å²) < 4.78 is 11.8. The van der Waals surface area contributed by atoms with Crippen molar-refractivity contribution in [1.82, 2.24) is 19.8 Å². The average molecular weight is 489 g/mol. The van der Waals surface area contributed by atoms with Crippen molar-refractivity contribution in [2.24, 2.45) is 5.92 Å². The van der Waals surface area contributed by atoms with E-state index in [1.165, 1.54) is 0 Å². The molecule has 0 bridgehead atoms. The van der Waals surface area contributed by atoms with E-state index in [0.717, 1.165) is 31.6 Å². The standard InChI is InChI=1S/C28H32N4O4/c33-26-19-32(28(34)25-9-5-4-8-24(25)27-29-12-13-30-27)18-23(36-20-22-6-2-1-3-7-22)17-31(26)16-21-10-14-35-15-11-21/h1-9,12-13,21,23H,10-11,14-20H2,(H,29,30). The highest BCUT2D eigenvalue weighted by molar-refractivity contribution is 6.01. The Morgan fingerprint density at radius 3 is 2.61 bits per heavy atom. The van der Waals surface area contributed by atoms with Gasteiger partial charge < -0.3 is 24.3 Å². The normalized spacial score (nSPS) is 19.3. The summed E-state index contributed by atoms with van der Waals surface area (Å²) in [6, 6.07) is 17.3. The van der Waals surface area contributed by atoms with E-state index in [1.807, 2.05) is 53.4 Å². The third kappa shape index (κ3) is 5.83. The van der Waals surface area contributed by atoms with E-state index >= 15 is 0 Å². The molecular weight excluding hydrogens is 456 g/mol. The molecule has 1 N–H and O–H groups in total. The molecule has 0 spiro atoms. The number of benzene rings is 2. The van der Waals surface area contributed by atoms with E-state index in [-0.39, 0.29) is 24.5 Å². The minimum absolute atomic E-state index is 0.0275. The molecular formula is C28H32N4O4. The Morgan fingerprint density at radius 1 is 1.06 bits per heavy atom. The number of ether oxygens (including phenoxy) is 2. The Labute approximate surface area is 211 Å². The maximum absolute atomic E-state index is 13.8. The van der Waals surface area contributed by atoms with Crippen molar-refractivity contribution in [3.05, 3.63) is 78.1 Å². The van der Waals surface area contributed by atoms with Gasteiger partial charge in [0.25, 0.3) is 5.91 Å². The van der Waals surface area contributed by atoms with Crippen LogP contribution >= 0.6 is 0 Å². The van der Waals surface area contributed by atoms with Gasteiger partial charge in [0.15, 0.2) is 0 Å². The zero-order chi connectivity index (χ0) is 24.7. The van der Waals surface area contributed by atoms with Crippen molar-refractivity contribution in [3.63, 3.8) is 0 Å². The van der Waals surface area contributed by atoms with Crippen molar-refractivity contribution in [1.29, 1.82) is 0 Å². The summed E-state index contributed by atoms with van der Waals surface area (Å²) >= 11 is 0. The molecule has 1 atom stereocenters. The van der Waals surface area contributed by atoms with Gasteiger partial charge in [0.05, 0.1) is 18.3 Å². The molecule has 2 amide bonds. The van der Waals surface area contributed by atoms with Crippen LogP contribution in [0.15, 0.2) is 67.0 Å². The van der Waals surface area contributed by atoms with Crippen LogP contribution in [0.3, 0.4) is 0 Å². The number of carbonyl (C=O) groups excluding carboxylic acids is 2. The van der Waals surface area contributed by atoms with Crippen LogP contribution in [0.1, 0.15) is 28.8 Å². The summed E-state index contributed by atoms with van der Waals surface area (Å²) in [4.78, 5) is 38.1. The first-order valence-electron chi connectivity index (χ1n) is 12.6. The summed E-state index contributed by atoms with van der Waals surface area (Å²) in [6.07, 6.45) is 4.98. The van der Waals surface area contributed by atoms with Crippen molar-refractivity contribution in [2.75, 3.05) is 39.4 Å². The van der Waals surface area contributed by atoms with Gasteiger partial charge in [0.2, 0.25) is 5.91 Å². The number of nitrogens with zero attached hydrogens (tertiary/aromatic N) is 3. The molecule has 0 aliphatic carbocycles. The monoisotopic (exact) mass is 488 g/mol. The van der Waals surface area contributed by atoms with Gasteiger partial charge in [-0.2, -0.15) is 0 Å². The van der Waals surface area contributed by atoms with E-state index in [0.29, 0.717) is 49.1 Å². The van der Waals surface area contributed by atoms with Crippen molar-refractivity contribution >= 4 is 11.8 Å². The molecule has 2 aliphatic rings. The van der Waals surface area contributed by atoms with Gasteiger partial charge >= 0.3 is 0 Å². The first-order chi connectivity index (χ1) is 17.7. The Balaban J connectivity index is 1.37. The Kier molecular flexibility index (Phi) is 7.73.